The van der Waals surface area contributed by atoms with E-state index in [1.807, 2.05) is 39.8 Å². The molecule has 2 nitrogen and oxygen atoms in total. The topological polar surface area (TPSA) is 26.3 Å². The van der Waals surface area contributed by atoms with Crippen LogP contribution >= 0.6 is 0 Å². The van der Waals surface area contributed by atoms with Gasteiger partial charge in [-0.2, -0.15) is 0 Å². The van der Waals surface area contributed by atoms with E-state index in [1.165, 1.54) is 65.3 Å². The van der Waals surface area contributed by atoms with Gasteiger partial charge in [0.05, 0.1) is 0 Å². The molecule has 2 heterocycles. The lowest BCUT2D eigenvalue weighted by Gasteiger charge is -2.20. The van der Waals surface area contributed by atoms with E-state index >= 15 is 0 Å². The summed E-state index contributed by atoms with van der Waals surface area (Å²) in [7, 11) is 0. The second kappa shape index (κ2) is 13.4. The lowest BCUT2D eigenvalue weighted by atomic mass is 9.83. The molecule has 12 rings (SSSR count). The largest absolute Gasteiger partial charge is 0.455 e. The molecule has 0 aliphatic heterocycles. The summed E-state index contributed by atoms with van der Waals surface area (Å²) in [6, 6.07) is 61.4. The van der Waals surface area contributed by atoms with Gasteiger partial charge in [0.2, 0.25) is 0 Å². The zero-order valence-corrected chi connectivity index (χ0v) is 32.0. The fourth-order valence-corrected chi connectivity index (χ4v) is 8.96. The molecule has 0 radical (unpaired) electrons. The van der Waals surface area contributed by atoms with Crippen LogP contribution in [0.15, 0.2) is 179 Å². The SMILES string of the molecule is CC.CC.c1ccc2c(-c3cc(-c4cccc5c4oc4ccccc45)c4ccc5ccc(-c6cccc7c6oc6ccccc67)c6ccc3c4c56)cccc2c1. The van der Waals surface area contributed by atoms with Crippen molar-refractivity contribution in [3.05, 3.63) is 170 Å². The zero-order chi connectivity index (χ0) is 37.9. The molecule has 0 unspecified atom stereocenters. The first-order valence-corrected chi connectivity index (χ1v) is 19.8. The van der Waals surface area contributed by atoms with Crippen molar-refractivity contribution >= 4 is 87.0 Å². The summed E-state index contributed by atoms with van der Waals surface area (Å²) in [6.45, 7) is 8.00. The summed E-state index contributed by atoms with van der Waals surface area (Å²) in [5, 5.41) is 14.4. The van der Waals surface area contributed by atoms with E-state index in [1.54, 1.807) is 0 Å². The van der Waals surface area contributed by atoms with Gasteiger partial charge in [-0.05, 0) is 83.5 Å². The minimum Gasteiger partial charge on any atom is -0.455 e. The highest BCUT2D eigenvalue weighted by Gasteiger charge is 2.22. The van der Waals surface area contributed by atoms with Gasteiger partial charge in [0.15, 0.2) is 0 Å². The van der Waals surface area contributed by atoms with Crippen LogP contribution in [0.5, 0.6) is 0 Å². The number of hydrogen-bond acceptors (Lipinski definition) is 2. The number of hydrogen-bond donors (Lipinski definition) is 0. The first kappa shape index (κ1) is 33.7. The summed E-state index contributed by atoms with van der Waals surface area (Å²) in [4.78, 5) is 0. The molecule has 2 heteroatoms. The van der Waals surface area contributed by atoms with Crippen molar-refractivity contribution in [1.82, 2.24) is 0 Å². The summed E-state index contributed by atoms with van der Waals surface area (Å²) in [5.41, 5.74) is 10.6. The molecular weight excluding hydrogens is 681 g/mol. The molecule has 12 aromatic rings. The average Bonchev–Trinajstić information content (AvgIpc) is 3.86. The van der Waals surface area contributed by atoms with Gasteiger partial charge < -0.3 is 8.83 Å². The molecule has 0 spiro atoms. The Kier molecular flexibility index (Phi) is 8.08. The predicted molar refractivity (Wildman–Crippen MR) is 241 cm³/mol. The molecular formula is C54H40O2. The molecule has 10 aromatic carbocycles. The quantitative estimate of drug-likeness (QED) is 0.170. The Morgan fingerprint density at radius 1 is 0.268 bits per heavy atom. The van der Waals surface area contributed by atoms with Crippen LogP contribution in [0.4, 0.5) is 0 Å². The highest BCUT2D eigenvalue weighted by atomic mass is 16.3. The first-order valence-electron chi connectivity index (χ1n) is 19.8. The molecule has 268 valence electrons. The highest BCUT2D eigenvalue weighted by molar-refractivity contribution is 6.31. The van der Waals surface area contributed by atoms with E-state index in [2.05, 4.69) is 158 Å². The maximum absolute atomic E-state index is 6.68. The van der Waals surface area contributed by atoms with Crippen LogP contribution in [0.1, 0.15) is 27.7 Å². The minimum absolute atomic E-state index is 0.904. The Morgan fingerprint density at radius 2 is 0.696 bits per heavy atom. The molecule has 0 saturated carbocycles. The van der Waals surface area contributed by atoms with E-state index in [9.17, 15) is 0 Å². The number of fused-ring (bicyclic) bond motifs is 7. The van der Waals surface area contributed by atoms with E-state index in [-0.39, 0.29) is 0 Å². The lowest BCUT2D eigenvalue weighted by Crippen LogP contribution is -1.93. The Morgan fingerprint density at radius 3 is 1.36 bits per heavy atom. The van der Waals surface area contributed by atoms with Gasteiger partial charge in [0, 0.05) is 32.7 Å². The van der Waals surface area contributed by atoms with Gasteiger partial charge in [-0.1, -0.05) is 179 Å². The molecule has 0 fully saturated rings. The monoisotopic (exact) mass is 720 g/mol. The average molecular weight is 721 g/mol. The molecule has 2 aromatic heterocycles. The van der Waals surface area contributed by atoms with Crippen LogP contribution in [0.25, 0.3) is 120 Å². The van der Waals surface area contributed by atoms with Crippen molar-refractivity contribution in [3.63, 3.8) is 0 Å². The maximum atomic E-state index is 6.68. The first-order chi connectivity index (χ1) is 27.8. The molecule has 0 atom stereocenters. The third-order valence-corrected chi connectivity index (χ3v) is 11.3. The zero-order valence-electron chi connectivity index (χ0n) is 32.0. The minimum atomic E-state index is 0.904. The van der Waals surface area contributed by atoms with Crippen molar-refractivity contribution in [2.45, 2.75) is 27.7 Å². The number of benzene rings is 10. The Hall–Kier alpha value is -6.90. The summed E-state index contributed by atoms with van der Waals surface area (Å²) >= 11 is 0. The maximum Gasteiger partial charge on any atom is 0.143 e. The lowest BCUT2D eigenvalue weighted by molar-refractivity contribution is 0.669. The normalized spacial score (nSPS) is 11.6. The van der Waals surface area contributed by atoms with Crippen LogP contribution in [0.2, 0.25) is 0 Å². The van der Waals surface area contributed by atoms with Crippen molar-refractivity contribution in [2.75, 3.05) is 0 Å². The third kappa shape index (κ3) is 4.89. The van der Waals surface area contributed by atoms with Gasteiger partial charge in [-0.15, -0.1) is 0 Å². The summed E-state index contributed by atoms with van der Waals surface area (Å²) < 4.78 is 13.3. The Bertz CT molecular complexity index is 3410. The fourth-order valence-electron chi connectivity index (χ4n) is 8.96. The molecule has 0 N–H and O–H groups in total. The molecule has 0 saturated heterocycles. The summed E-state index contributed by atoms with van der Waals surface area (Å²) in [5.74, 6) is 0. The highest BCUT2D eigenvalue weighted by Crippen LogP contribution is 2.49. The van der Waals surface area contributed by atoms with Crippen LogP contribution in [-0.4, -0.2) is 0 Å². The molecule has 0 aliphatic carbocycles. The summed E-state index contributed by atoms with van der Waals surface area (Å²) in [6.07, 6.45) is 0. The second-order valence-corrected chi connectivity index (χ2v) is 13.9. The van der Waals surface area contributed by atoms with E-state index in [0.29, 0.717) is 0 Å². The van der Waals surface area contributed by atoms with E-state index < -0.39 is 0 Å². The predicted octanol–water partition coefficient (Wildman–Crippen LogP) is 16.6. The molecule has 0 bridgehead atoms. The van der Waals surface area contributed by atoms with E-state index in [4.69, 9.17) is 8.83 Å². The van der Waals surface area contributed by atoms with Crippen molar-refractivity contribution in [1.29, 1.82) is 0 Å². The molecule has 0 aliphatic rings. The smallest absolute Gasteiger partial charge is 0.143 e. The van der Waals surface area contributed by atoms with Crippen molar-refractivity contribution in [2.24, 2.45) is 0 Å². The van der Waals surface area contributed by atoms with Gasteiger partial charge >= 0.3 is 0 Å². The van der Waals surface area contributed by atoms with Crippen LogP contribution in [-0.2, 0) is 0 Å². The number of furan rings is 2. The third-order valence-electron chi connectivity index (χ3n) is 11.3. The Labute approximate surface area is 325 Å². The standard InChI is InChI=1S/C50H28O2.2C2H6/c1-2-12-31-29(10-1)11-7-15-32(31)43-28-44(42-19-9-18-41-35-14-4-6-21-46(35)52-50(41)42)37-25-23-30-22-24-33(36-26-27-38(43)48(37)47(30)36)39-16-8-17-40-34-13-3-5-20-45(34)51-49(39)40;2*1-2/h1-28H;2*1-2H3. The van der Waals surface area contributed by atoms with Crippen molar-refractivity contribution in [3.8, 4) is 33.4 Å². The fraction of sp³-hybridized carbons (Fsp3) is 0.0741. The van der Waals surface area contributed by atoms with Crippen LogP contribution in [0.3, 0.4) is 0 Å². The van der Waals surface area contributed by atoms with Gasteiger partial charge in [-0.3, -0.25) is 0 Å². The van der Waals surface area contributed by atoms with E-state index in [0.717, 1.165) is 55.0 Å². The van der Waals surface area contributed by atoms with Gasteiger partial charge in [-0.25, -0.2) is 0 Å². The number of para-hydroxylation sites is 4. The van der Waals surface area contributed by atoms with Crippen LogP contribution < -0.4 is 0 Å². The second-order valence-electron chi connectivity index (χ2n) is 13.9. The van der Waals surface area contributed by atoms with Crippen LogP contribution in [0, 0.1) is 0 Å². The van der Waals surface area contributed by atoms with Gasteiger partial charge in [0.1, 0.15) is 22.3 Å². The molecule has 56 heavy (non-hydrogen) atoms. The Balaban J connectivity index is 0.000000933. The van der Waals surface area contributed by atoms with Crippen molar-refractivity contribution < 1.29 is 8.83 Å². The van der Waals surface area contributed by atoms with Gasteiger partial charge in [0.25, 0.3) is 0 Å². The number of rotatable bonds is 3. The molecule has 0 amide bonds.